The summed E-state index contributed by atoms with van der Waals surface area (Å²) >= 11 is 0. The summed E-state index contributed by atoms with van der Waals surface area (Å²) in [5, 5.41) is 0. The van der Waals surface area contributed by atoms with Crippen LogP contribution >= 0.6 is 10.7 Å². The number of hydrogen-bond acceptors (Lipinski definition) is 4. The first kappa shape index (κ1) is 9.28. The van der Waals surface area contributed by atoms with Crippen molar-refractivity contribution in [3.63, 3.8) is 0 Å². The van der Waals surface area contributed by atoms with Crippen LogP contribution in [0.1, 0.15) is 5.56 Å². The van der Waals surface area contributed by atoms with Crippen LogP contribution in [0.3, 0.4) is 0 Å². The highest BCUT2D eigenvalue weighted by Crippen LogP contribution is 2.20. The summed E-state index contributed by atoms with van der Waals surface area (Å²) in [4.78, 5) is 3.52. The first-order valence-electron chi connectivity index (χ1n) is 3.08. The van der Waals surface area contributed by atoms with Gasteiger partial charge in [-0.05, 0) is 18.6 Å². The Labute approximate surface area is 74.8 Å². The van der Waals surface area contributed by atoms with Crippen molar-refractivity contribution in [1.29, 1.82) is 0 Å². The van der Waals surface area contributed by atoms with E-state index in [1.54, 1.807) is 6.92 Å². The van der Waals surface area contributed by atoms with Crippen LogP contribution in [0.15, 0.2) is 17.2 Å². The molecule has 0 aliphatic carbocycles. The summed E-state index contributed by atoms with van der Waals surface area (Å²) in [7, 11) is 1.32. The molecule has 0 atom stereocenters. The fraction of sp³-hybridized carbons (Fsp3) is 0.167. The molecule has 12 heavy (non-hydrogen) atoms. The number of pyridine rings is 1. The van der Waals surface area contributed by atoms with Crippen LogP contribution in [0.5, 0.6) is 0 Å². The van der Waals surface area contributed by atoms with Crippen LogP contribution in [-0.2, 0) is 9.05 Å². The topological polar surface area (TPSA) is 73.0 Å². The van der Waals surface area contributed by atoms with Crippen LogP contribution < -0.4 is 5.73 Å². The minimum atomic E-state index is -3.77. The van der Waals surface area contributed by atoms with Crippen LogP contribution in [0, 0.1) is 6.92 Å². The zero-order valence-corrected chi connectivity index (χ0v) is 7.85. The molecular weight excluding hydrogens is 200 g/mol. The Morgan fingerprint density at radius 2 is 2.17 bits per heavy atom. The Kier molecular flexibility index (Phi) is 2.25. The summed E-state index contributed by atoms with van der Waals surface area (Å²) in [6.45, 7) is 1.71. The third-order valence-corrected chi connectivity index (χ3v) is 2.63. The van der Waals surface area contributed by atoms with Crippen LogP contribution in [0.4, 0.5) is 5.82 Å². The van der Waals surface area contributed by atoms with E-state index < -0.39 is 9.05 Å². The largest absolute Gasteiger partial charge is 0.383 e. The first-order valence-corrected chi connectivity index (χ1v) is 5.39. The van der Waals surface area contributed by atoms with Crippen molar-refractivity contribution in [3.05, 3.63) is 17.8 Å². The van der Waals surface area contributed by atoms with E-state index in [1.165, 1.54) is 12.3 Å². The molecule has 0 unspecified atom stereocenters. The van der Waals surface area contributed by atoms with Crippen LogP contribution in [-0.4, -0.2) is 13.4 Å². The molecule has 0 aliphatic heterocycles. The van der Waals surface area contributed by atoms with Gasteiger partial charge in [-0.25, -0.2) is 13.4 Å². The molecule has 0 saturated heterocycles. The van der Waals surface area contributed by atoms with Gasteiger partial charge in [0.05, 0.1) is 0 Å². The number of aromatic nitrogens is 1. The third-order valence-electron chi connectivity index (χ3n) is 1.28. The van der Waals surface area contributed by atoms with Crippen molar-refractivity contribution >= 4 is 25.6 Å². The van der Waals surface area contributed by atoms with Crippen molar-refractivity contribution in [2.75, 3.05) is 5.73 Å². The van der Waals surface area contributed by atoms with E-state index in [-0.39, 0.29) is 10.7 Å². The summed E-state index contributed by atoms with van der Waals surface area (Å²) < 4.78 is 21.7. The summed E-state index contributed by atoms with van der Waals surface area (Å²) in [6, 6.07) is 1.38. The van der Waals surface area contributed by atoms with Crippen molar-refractivity contribution in [2.45, 2.75) is 11.8 Å². The number of anilines is 1. The SMILES string of the molecule is Cc1cnc(N)c(S(=O)(=O)Cl)c1. The highest BCUT2D eigenvalue weighted by molar-refractivity contribution is 8.13. The van der Waals surface area contributed by atoms with Gasteiger partial charge < -0.3 is 5.73 Å². The molecule has 0 spiro atoms. The van der Waals surface area contributed by atoms with Gasteiger partial charge in [-0.2, -0.15) is 0 Å². The molecule has 1 heterocycles. The number of nitrogen functional groups attached to an aromatic ring is 1. The maximum absolute atomic E-state index is 10.9. The average molecular weight is 207 g/mol. The molecule has 0 radical (unpaired) electrons. The fourth-order valence-corrected chi connectivity index (χ4v) is 1.75. The minimum Gasteiger partial charge on any atom is -0.383 e. The zero-order valence-electron chi connectivity index (χ0n) is 6.28. The standard InChI is InChI=1S/C6H7ClN2O2S/c1-4-2-5(12(7,10)11)6(8)9-3-4/h2-3H,1H3,(H2,8,9). The summed E-state index contributed by atoms with van der Waals surface area (Å²) in [6.07, 6.45) is 1.47. The first-order chi connectivity index (χ1) is 5.41. The second kappa shape index (κ2) is 2.91. The number of hydrogen-bond donors (Lipinski definition) is 1. The number of nitrogens with two attached hydrogens (primary N) is 1. The Morgan fingerprint density at radius 3 is 2.58 bits per heavy atom. The molecule has 4 nitrogen and oxygen atoms in total. The summed E-state index contributed by atoms with van der Waals surface area (Å²) in [5.74, 6) is -0.0735. The second-order valence-corrected chi connectivity index (χ2v) is 4.87. The van der Waals surface area contributed by atoms with Crippen molar-refractivity contribution in [1.82, 2.24) is 4.98 Å². The Morgan fingerprint density at radius 1 is 1.58 bits per heavy atom. The highest BCUT2D eigenvalue weighted by Gasteiger charge is 2.14. The predicted molar refractivity (Wildman–Crippen MR) is 46.4 cm³/mol. The van der Waals surface area contributed by atoms with Crippen molar-refractivity contribution in [2.24, 2.45) is 0 Å². The highest BCUT2D eigenvalue weighted by atomic mass is 35.7. The van der Waals surface area contributed by atoms with Crippen molar-refractivity contribution < 1.29 is 8.42 Å². The van der Waals surface area contributed by atoms with Gasteiger partial charge in [-0.1, -0.05) is 0 Å². The lowest BCUT2D eigenvalue weighted by Crippen LogP contribution is -2.00. The van der Waals surface area contributed by atoms with E-state index >= 15 is 0 Å². The minimum absolute atomic E-state index is 0.0735. The number of halogens is 1. The Bertz CT molecular complexity index is 402. The van der Waals surface area contributed by atoms with E-state index in [9.17, 15) is 8.42 Å². The third kappa shape index (κ3) is 1.86. The van der Waals surface area contributed by atoms with Crippen LogP contribution in [0.2, 0.25) is 0 Å². The van der Waals surface area contributed by atoms with E-state index in [0.717, 1.165) is 0 Å². The molecule has 0 aliphatic rings. The Hall–Kier alpha value is -0.810. The molecular formula is C6H7ClN2O2S. The average Bonchev–Trinajstić information content (AvgIpc) is 1.92. The van der Waals surface area contributed by atoms with E-state index in [1.807, 2.05) is 0 Å². The number of rotatable bonds is 1. The predicted octanol–water partition coefficient (Wildman–Crippen LogP) is 0.900. The van der Waals surface area contributed by atoms with E-state index in [4.69, 9.17) is 16.4 Å². The molecule has 1 rings (SSSR count). The van der Waals surface area contributed by atoms with Crippen LogP contribution in [0.25, 0.3) is 0 Å². The molecule has 0 bridgehead atoms. The number of aryl methyl sites for hydroxylation is 1. The number of nitrogens with zero attached hydrogens (tertiary/aromatic N) is 1. The molecule has 1 aromatic rings. The van der Waals surface area contributed by atoms with Gasteiger partial charge in [0.15, 0.2) is 0 Å². The molecule has 0 saturated carbocycles. The molecule has 0 aromatic carbocycles. The summed E-state index contributed by atoms with van der Waals surface area (Å²) in [5.41, 5.74) is 6.00. The van der Waals surface area contributed by atoms with Gasteiger partial charge in [-0.3, -0.25) is 0 Å². The monoisotopic (exact) mass is 206 g/mol. The maximum Gasteiger partial charge on any atom is 0.264 e. The van der Waals surface area contributed by atoms with Gasteiger partial charge in [0.2, 0.25) is 0 Å². The van der Waals surface area contributed by atoms with Gasteiger partial charge in [0.25, 0.3) is 9.05 Å². The quantitative estimate of drug-likeness (QED) is 0.693. The van der Waals surface area contributed by atoms with E-state index in [0.29, 0.717) is 5.56 Å². The van der Waals surface area contributed by atoms with E-state index in [2.05, 4.69) is 4.98 Å². The molecule has 2 N–H and O–H groups in total. The fourth-order valence-electron chi connectivity index (χ4n) is 0.748. The van der Waals surface area contributed by atoms with Gasteiger partial charge in [0.1, 0.15) is 10.7 Å². The molecule has 66 valence electrons. The second-order valence-electron chi connectivity index (χ2n) is 2.33. The lowest BCUT2D eigenvalue weighted by molar-refractivity contribution is 0.609. The zero-order chi connectivity index (χ0) is 9.35. The smallest absolute Gasteiger partial charge is 0.264 e. The normalized spacial score (nSPS) is 11.5. The maximum atomic E-state index is 10.9. The molecule has 0 amide bonds. The van der Waals surface area contributed by atoms with Gasteiger partial charge in [0, 0.05) is 16.9 Å². The van der Waals surface area contributed by atoms with Crippen molar-refractivity contribution in [3.8, 4) is 0 Å². The molecule has 0 fully saturated rings. The van der Waals surface area contributed by atoms with Gasteiger partial charge >= 0.3 is 0 Å². The lowest BCUT2D eigenvalue weighted by Gasteiger charge is -2.00. The Balaban J connectivity index is 3.43. The lowest BCUT2D eigenvalue weighted by atomic mass is 10.3. The molecule has 6 heteroatoms. The molecule has 1 aromatic heterocycles. The van der Waals surface area contributed by atoms with Gasteiger partial charge in [-0.15, -0.1) is 0 Å².